The van der Waals surface area contributed by atoms with Crippen molar-refractivity contribution in [1.82, 2.24) is 0 Å². The molecule has 0 radical (unpaired) electrons. The molecule has 0 amide bonds. The minimum Gasteiger partial charge on any atom is -0.206 e. The van der Waals surface area contributed by atoms with Crippen molar-refractivity contribution < 1.29 is 8.78 Å². The lowest BCUT2D eigenvalue weighted by atomic mass is 9.81. The van der Waals surface area contributed by atoms with E-state index >= 15 is 4.39 Å². The molecule has 1 aliphatic rings. The largest absolute Gasteiger partial charge is 0.206 e. The third-order valence-corrected chi connectivity index (χ3v) is 6.84. The highest BCUT2D eigenvalue weighted by molar-refractivity contribution is 5.48. The van der Waals surface area contributed by atoms with Crippen LogP contribution in [0.15, 0.2) is 54.6 Å². The number of hydrogen-bond donors (Lipinski definition) is 0. The van der Waals surface area contributed by atoms with Crippen molar-refractivity contribution in [2.75, 3.05) is 0 Å². The topological polar surface area (TPSA) is 0 Å². The molecule has 0 nitrogen and oxygen atoms in total. The molecule has 1 aliphatic carbocycles. The summed E-state index contributed by atoms with van der Waals surface area (Å²) in [5.74, 6) is 5.27. The molecule has 0 spiro atoms. The van der Waals surface area contributed by atoms with E-state index in [0.29, 0.717) is 17.9 Å². The first-order valence-corrected chi connectivity index (χ1v) is 12.3. The Morgan fingerprint density at radius 3 is 2.12 bits per heavy atom. The summed E-state index contributed by atoms with van der Waals surface area (Å²) in [7, 11) is 0. The van der Waals surface area contributed by atoms with Crippen LogP contribution in [0.5, 0.6) is 0 Å². The quantitative estimate of drug-likeness (QED) is 0.345. The van der Waals surface area contributed by atoms with Gasteiger partial charge in [0, 0.05) is 5.56 Å². The highest BCUT2D eigenvalue weighted by atomic mass is 19.1. The van der Waals surface area contributed by atoms with E-state index in [1.54, 1.807) is 0 Å². The predicted molar refractivity (Wildman–Crippen MR) is 132 cm³/mol. The zero-order valence-corrected chi connectivity index (χ0v) is 19.7. The number of rotatable bonds is 6. The molecule has 3 aromatic carbocycles. The van der Waals surface area contributed by atoms with Gasteiger partial charge in [-0.05, 0) is 90.5 Å². The lowest BCUT2D eigenvalue weighted by Crippen LogP contribution is -2.17. The Morgan fingerprint density at radius 2 is 1.48 bits per heavy atom. The lowest BCUT2D eigenvalue weighted by molar-refractivity contribution is 0.411. The van der Waals surface area contributed by atoms with Crippen LogP contribution in [0.2, 0.25) is 0 Å². The van der Waals surface area contributed by atoms with E-state index in [2.05, 4.69) is 62.1 Å². The Morgan fingerprint density at radius 1 is 0.848 bits per heavy atom. The third-order valence-electron chi connectivity index (χ3n) is 6.84. The summed E-state index contributed by atoms with van der Waals surface area (Å²) in [4.78, 5) is 0. The van der Waals surface area contributed by atoms with Crippen LogP contribution < -0.4 is 0 Å². The van der Waals surface area contributed by atoms with Gasteiger partial charge < -0.3 is 0 Å². The zero-order valence-electron chi connectivity index (χ0n) is 19.7. The molecule has 33 heavy (non-hydrogen) atoms. The van der Waals surface area contributed by atoms with Crippen LogP contribution in [0.3, 0.4) is 0 Å². The van der Waals surface area contributed by atoms with Crippen molar-refractivity contribution in [3.63, 3.8) is 0 Å². The molecule has 0 N–H and O–H groups in total. The van der Waals surface area contributed by atoms with Gasteiger partial charge in [0.2, 0.25) is 0 Å². The van der Waals surface area contributed by atoms with E-state index in [9.17, 15) is 4.39 Å². The van der Waals surface area contributed by atoms with Gasteiger partial charge in [-0.25, -0.2) is 8.78 Å². The molecule has 0 aliphatic heterocycles. The summed E-state index contributed by atoms with van der Waals surface area (Å²) < 4.78 is 29.7. The molecule has 0 saturated carbocycles. The highest BCUT2D eigenvalue weighted by Crippen LogP contribution is 2.32. The molecule has 0 saturated heterocycles. The van der Waals surface area contributed by atoms with Gasteiger partial charge in [0.15, 0.2) is 0 Å². The highest BCUT2D eigenvalue weighted by Gasteiger charge is 2.24. The van der Waals surface area contributed by atoms with Crippen LogP contribution in [0.25, 0.3) is 0 Å². The fourth-order valence-corrected chi connectivity index (χ4v) is 4.81. The van der Waals surface area contributed by atoms with Gasteiger partial charge in [0.25, 0.3) is 0 Å². The van der Waals surface area contributed by atoms with E-state index in [1.165, 1.54) is 22.8 Å². The summed E-state index contributed by atoms with van der Waals surface area (Å²) in [5.41, 5.74) is 6.08. The van der Waals surface area contributed by atoms with Crippen molar-refractivity contribution in [2.24, 2.45) is 5.92 Å². The van der Waals surface area contributed by atoms with E-state index in [-0.39, 0.29) is 5.56 Å². The number of halogens is 2. The molecule has 3 aromatic rings. The monoisotopic (exact) mass is 442 g/mol. The molecular formula is C31H32F2. The van der Waals surface area contributed by atoms with Crippen LogP contribution in [0, 0.1) is 29.4 Å². The molecule has 4 rings (SSSR count). The second-order valence-corrected chi connectivity index (χ2v) is 9.20. The van der Waals surface area contributed by atoms with Gasteiger partial charge in [-0.1, -0.05) is 74.9 Å². The zero-order chi connectivity index (χ0) is 23.2. The summed E-state index contributed by atoms with van der Waals surface area (Å²) in [5, 5.41) is 0. The van der Waals surface area contributed by atoms with Crippen LogP contribution in [-0.2, 0) is 32.1 Å². The maximum atomic E-state index is 15.1. The Bertz CT molecular complexity index is 1140. The van der Waals surface area contributed by atoms with Crippen molar-refractivity contribution in [1.29, 1.82) is 0 Å². The van der Waals surface area contributed by atoms with E-state index in [0.717, 1.165) is 56.1 Å². The molecule has 0 heterocycles. The molecule has 170 valence electrons. The summed E-state index contributed by atoms with van der Waals surface area (Å²) in [6.45, 7) is 4.32. The van der Waals surface area contributed by atoms with Crippen LogP contribution >= 0.6 is 0 Å². The van der Waals surface area contributed by atoms with E-state index < -0.39 is 11.6 Å². The van der Waals surface area contributed by atoms with Crippen LogP contribution in [0.4, 0.5) is 8.78 Å². The normalized spacial score (nSPS) is 15.0. The minimum atomic E-state index is -0.540. The summed E-state index contributed by atoms with van der Waals surface area (Å²) in [6.07, 6.45) is 7.64. The third kappa shape index (κ3) is 5.72. The number of benzene rings is 3. The smallest absolute Gasteiger partial charge is 0.145 e. The first-order valence-electron chi connectivity index (χ1n) is 12.3. The van der Waals surface area contributed by atoms with Crippen LogP contribution in [0.1, 0.15) is 72.1 Å². The standard InChI is InChI=1S/C31H32F2/c1-3-5-26-17-18-28-27(20-26)21-30(32)29(31(28)33)19-16-25-14-12-24(13-15-25)11-10-23-8-6-22(4-2)7-9-23/h6-9,12-15,21,26H,3-5,10-11,17-18,20H2,1-2H3. The maximum Gasteiger partial charge on any atom is 0.145 e. The maximum absolute atomic E-state index is 15.1. The Kier molecular flexibility index (Phi) is 7.61. The van der Waals surface area contributed by atoms with Gasteiger partial charge in [-0.3, -0.25) is 0 Å². The average Bonchev–Trinajstić information content (AvgIpc) is 2.83. The summed E-state index contributed by atoms with van der Waals surface area (Å²) in [6, 6.07) is 18.3. The Hall–Kier alpha value is -2.92. The first-order chi connectivity index (χ1) is 16.1. The number of hydrogen-bond acceptors (Lipinski definition) is 0. The first kappa shape index (κ1) is 23.2. The van der Waals surface area contributed by atoms with Crippen molar-refractivity contribution in [2.45, 2.75) is 65.2 Å². The van der Waals surface area contributed by atoms with Gasteiger partial charge in [0.1, 0.15) is 11.6 Å². The molecule has 0 fully saturated rings. The SMILES string of the molecule is CCCC1CCc2c(cc(F)c(C#Cc3ccc(CCc4ccc(CC)cc4)cc3)c2F)C1. The van der Waals surface area contributed by atoms with E-state index in [1.807, 2.05) is 12.1 Å². The molecule has 1 atom stereocenters. The molecule has 1 unspecified atom stereocenters. The molecule has 0 aromatic heterocycles. The second kappa shape index (κ2) is 10.8. The summed E-state index contributed by atoms with van der Waals surface area (Å²) >= 11 is 0. The van der Waals surface area contributed by atoms with Crippen LogP contribution in [-0.4, -0.2) is 0 Å². The Labute approximate surface area is 197 Å². The van der Waals surface area contributed by atoms with Gasteiger partial charge in [-0.15, -0.1) is 0 Å². The predicted octanol–water partition coefficient (Wildman–Crippen LogP) is 7.62. The fourth-order valence-electron chi connectivity index (χ4n) is 4.81. The molecule has 2 heteroatoms. The van der Waals surface area contributed by atoms with Gasteiger partial charge in [0.05, 0.1) is 5.56 Å². The van der Waals surface area contributed by atoms with Crippen molar-refractivity contribution in [3.8, 4) is 11.8 Å². The minimum absolute atomic E-state index is 0.0951. The fraction of sp³-hybridized carbons (Fsp3) is 0.355. The number of aryl methyl sites for hydroxylation is 3. The van der Waals surface area contributed by atoms with Crippen molar-refractivity contribution >= 4 is 0 Å². The molecule has 0 bridgehead atoms. The average molecular weight is 443 g/mol. The van der Waals surface area contributed by atoms with Gasteiger partial charge >= 0.3 is 0 Å². The number of fused-ring (bicyclic) bond motifs is 1. The lowest BCUT2D eigenvalue weighted by Gasteiger charge is -2.25. The molecular weight excluding hydrogens is 410 g/mol. The van der Waals surface area contributed by atoms with Crippen molar-refractivity contribution in [3.05, 3.63) is 105 Å². The second-order valence-electron chi connectivity index (χ2n) is 9.20. The Balaban J connectivity index is 1.44. The van der Waals surface area contributed by atoms with E-state index in [4.69, 9.17) is 0 Å². The van der Waals surface area contributed by atoms with Gasteiger partial charge in [-0.2, -0.15) is 0 Å².